The molecule has 1 heterocycles. The van der Waals surface area contributed by atoms with Crippen LogP contribution in [0.1, 0.15) is 11.1 Å². The number of nitrogens with zero attached hydrogens (tertiary/aromatic N) is 1. The number of amides is 2. The van der Waals surface area contributed by atoms with Crippen LogP contribution in [0.4, 0.5) is 28.9 Å². The van der Waals surface area contributed by atoms with Crippen molar-refractivity contribution in [2.45, 2.75) is 6.18 Å². The zero-order chi connectivity index (χ0) is 25.9. The van der Waals surface area contributed by atoms with E-state index in [9.17, 15) is 27.2 Å². The molecule has 2 N–H and O–H groups in total. The van der Waals surface area contributed by atoms with E-state index in [2.05, 4.69) is 5.32 Å². The van der Waals surface area contributed by atoms with Crippen LogP contribution in [0.2, 0.25) is 0 Å². The van der Waals surface area contributed by atoms with E-state index in [1.807, 2.05) is 0 Å². The molecule has 36 heavy (non-hydrogen) atoms. The summed E-state index contributed by atoms with van der Waals surface area (Å²) in [4.78, 5) is 25.9. The highest BCUT2D eigenvalue weighted by Gasteiger charge is 2.40. The third-order valence-electron chi connectivity index (χ3n) is 4.97. The molecule has 1 aliphatic rings. The summed E-state index contributed by atoms with van der Waals surface area (Å²) in [6.07, 6.45) is -3.31. The molecule has 3 aromatic rings. The maximum Gasteiger partial charge on any atom is 0.418 e. The summed E-state index contributed by atoms with van der Waals surface area (Å²) in [5.74, 6) is -1.50. The Morgan fingerprint density at radius 2 is 1.69 bits per heavy atom. The summed E-state index contributed by atoms with van der Waals surface area (Å²) in [7, 11) is 0. The highest BCUT2D eigenvalue weighted by Crippen LogP contribution is 2.42. The molecule has 0 atom stereocenters. The average molecular weight is 515 g/mol. The van der Waals surface area contributed by atoms with Gasteiger partial charge in [-0.25, -0.2) is 4.39 Å². The van der Waals surface area contributed by atoms with Crippen LogP contribution >= 0.6 is 11.8 Å². The van der Waals surface area contributed by atoms with E-state index >= 15 is 0 Å². The lowest BCUT2D eigenvalue weighted by atomic mass is 10.1. The predicted octanol–water partition coefficient (Wildman–Crippen LogP) is 5.92. The zero-order valence-corrected chi connectivity index (χ0v) is 19.1. The molecule has 0 radical (unpaired) electrons. The number of carbonyl (C=O) groups is 2. The van der Waals surface area contributed by atoms with Crippen molar-refractivity contribution in [3.05, 3.63) is 94.6 Å². The van der Waals surface area contributed by atoms with Crippen molar-refractivity contribution < 1.29 is 31.9 Å². The van der Waals surface area contributed by atoms with Crippen LogP contribution in [0.3, 0.4) is 0 Å². The lowest BCUT2D eigenvalue weighted by Gasteiger charge is -2.19. The third kappa shape index (κ3) is 5.57. The van der Waals surface area contributed by atoms with Crippen molar-refractivity contribution in [3.8, 4) is 5.75 Å². The van der Waals surface area contributed by atoms with E-state index < -0.39 is 35.1 Å². The first kappa shape index (κ1) is 25.0. The van der Waals surface area contributed by atoms with Crippen molar-refractivity contribution in [1.82, 2.24) is 0 Å². The number of ether oxygens (including phenoxy) is 1. The number of thioether (sulfide) groups is 1. The fraction of sp³-hybridized carbons (Fsp3) is 0.0800. The Labute approximate surface area is 207 Å². The number of para-hydroxylation sites is 2. The summed E-state index contributed by atoms with van der Waals surface area (Å²) in [5.41, 5.74) is -0.688. The Bertz CT molecular complexity index is 1360. The fourth-order valence-corrected chi connectivity index (χ4v) is 4.21. The van der Waals surface area contributed by atoms with Crippen molar-refractivity contribution in [2.75, 3.05) is 16.8 Å². The Kier molecular flexibility index (Phi) is 7.11. The van der Waals surface area contributed by atoms with E-state index in [1.54, 1.807) is 24.3 Å². The van der Waals surface area contributed by atoms with Gasteiger partial charge in [-0.2, -0.15) is 13.2 Å². The second kappa shape index (κ2) is 10.2. The normalized spacial score (nSPS) is 14.9. The Morgan fingerprint density at radius 3 is 2.42 bits per heavy atom. The Hall–Kier alpha value is -4.12. The summed E-state index contributed by atoms with van der Waals surface area (Å²) in [6, 6.07) is 16.2. The zero-order valence-electron chi connectivity index (χ0n) is 18.3. The van der Waals surface area contributed by atoms with Crippen LogP contribution in [-0.2, 0) is 15.8 Å². The molecule has 0 unspecified atom stereocenters. The van der Waals surface area contributed by atoms with Crippen LogP contribution in [0.5, 0.6) is 5.75 Å². The number of halogens is 4. The first-order valence-electron chi connectivity index (χ1n) is 10.4. The second-order valence-corrected chi connectivity index (χ2v) is 8.48. The van der Waals surface area contributed by atoms with Gasteiger partial charge < -0.3 is 10.1 Å². The minimum atomic E-state index is -4.71. The molecule has 11 heteroatoms. The van der Waals surface area contributed by atoms with E-state index in [-0.39, 0.29) is 22.4 Å². The summed E-state index contributed by atoms with van der Waals surface area (Å²) >= 11 is 0.715. The first-order valence-corrected chi connectivity index (χ1v) is 11.2. The molecule has 1 saturated heterocycles. The van der Waals surface area contributed by atoms with Gasteiger partial charge in [-0.1, -0.05) is 30.3 Å². The third-order valence-corrected chi connectivity index (χ3v) is 5.85. The maximum absolute atomic E-state index is 13.5. The molecule has 1 aliphatic heterocycles. The quantitative estimate of drug-likeness (QED) is 0.316. The topological polar surface area (TPSA) is 82.5 Å². The molecule has 0 saturated carbocycles. The van der Waals surface area contributed by atoms with Gasteiger partial charge >= 0.3 is 6.18 Å². The van der Waals surface area contributed by atoms with Gasteiger partial charge in [0.25, 0.3) is 11.8 Å². The van der Waals surface area contributed by atoms with Gasteiger partial charge in [0.1, 0.15) is 11.6 Å². The number of carbonyl (C=O) groups excluding carboxylic acids is 2. The number of hydrogen-bond donors (Lipinski definition) is 2. The number of alkyl halides is 3. The van der Waals surface area contributed by atoms with Gasteiger partial charge in [0.15, 0.2) is 11.8 Å². The van der Waals surface area contributed by atoms with E-state index in [0.717, 1.165) is 12.1 Å². The number of nitrogens with one attached hydrogen (secondary N) is 2. The SMILES string of the molecule is N=C1S/C(=C\c2ccccc2OCC(=O)Nc2ccc(F)cc2)C(=O)N1c1ccccc1C(F)(F)F. The molecule has 0 spiro atoms. The van der Waals surface area contributed by atoms with Crippen LogP contribution in [0.25, 0.3) is 6.08 Å². The van der Waals surface area contributed by atoms with Crippen LogP contribution in [0, 0.1) is 11.2 Å². The van der Waals surface area contributed by atoms with Gasteiger partial charge in [-0.15, -0.1) is 0 Å². The monoisotopic (exact) mass is 515 g/mol. The molecular formula is C25H17F4N3O3S. The van der Waals surface area contributed by atoms with Crippen molar-refractivity contribution in [1.29, 1.82) is 5.41 Å². The van der Waals surface area contributed by atoms with Crippen molar-refractivity contribution in [2.24, 2.45) is 0 Å². The molecule has 0 bridgehead atoms. The molecule has 184 valence electrons. The highest BCUT2D eigenvalue weighted by atomic mass is 32.2. The van der Waals surface area contributed by atoms with Gasteiger partial charge in [-0.05, 0) is 60.3 Å². The highest BCUT2D eigenvalue weighted by molar-refractivity contribution is 8.19. The minimum absolute atomic E-state index is 0.0174. The first-order chi connectivity index (χ1) is 17.1. The molecule has 4 rings (SSSR count). The number of amidine groups is 1. The van der Waals surface area contributed by atoms with Gasteiger partial charge in [0.2, 0.25) is 0 Å². The van der Waals surface area contributed by atoms with E-state index in [4.69, 9.17) is 10.1 Å². The molecule has 0 aromatic heterocycles. The number of hydrogen-bond acceptors (Lipinski definition) is 5. The number of rotatable bonds is 6. The van der Waals surface area contributed by atoms with Crippen molar-refractivity contribution >= 4 is 46.2 Å². The lowest BCUT2D eigenvalue weighted by Crippen LogP contribution is -2.30. The molecule has 2 amide bonds. The van der Waals surface area contributed by atoms with Crippen molar-refractivity contribution in [3.63, 3.8) is 0 Å². The smallest absolute Gasteiger partial charge is 0.418 e. The standard InChI is InChI=1S/C25H17F4N3O3S/c26-16-9-11-17(12-10-16)31-22(33)14-35-20-8-4-1-5-15(20)13-21-23(34)32(24(30)36-21)19-7-3-2-6-18(19)25(27,28)29/h1-13,30H,14H2,(H,31,33)/b21-13-,30-24?. The Morgan fingerprint density at radius 1 is 1.03 bits per heavy atom. The predicted molar refractivity (Wildman–Crippen MR) is 129 cm³/mol. The summed E-state index contributed by atoms with van der Waals surface area (Å²) < 4.78 is 59.0. The molecule has 3 aromatic carbocycles. The summed E-state index contributed by atoms with van der Waals surface area (Å²) in [5, 5.41) is 10.3. The minimum Gasteiger partial charge on any atom is -0.483 e. The lowest BCUT2D eigenvalue weighted by molar-refractivity contribution is -0.137. The Balaban J connectivity index is 1.52. The van der Waals surface area contributed by atoms with Crippen LogP contribution in [0.15, 0.2) is 77.7 Å². The average Bonchev–Trinajstić information content (AvgIpc) is 3.12. The fourth-order valence-electron chi connectivity index (χ4n) is 3.36. The number of benzene rings is 3. The molecule has 1 fully saturated rings. The van der Waals surface area contributed by atoms with Gasteiger partial charge in [0.05, 0.1) is 16.2 Å². The van der Waals surface area contributed by atoms with E-state index in [0.29, 0.717) is 27.9 Å². The molecule has 6 nitrogen and oxygen atoms in total. The summed E-state index contributed by atoms with van der Waals surface area (Å²) in [6.45, 7) is -0.389. The second-order valence-electron chi connectivity index (χ2n) is 7.45. The molecule has 0 aliphatic carbocycles. The van der Waals surface area contributed by atoms with Gasteiger partial charge in [0, 0.05) is 11.3 Å². The largest absolute Gasteiger partial charge is 0.483 e. The molecular weight excluding hydrogens is 498 g/mol. The van der Waals surface area contributed by atoms with E-state index in [1.165, 1.54) is 42.5 Å². The van der Waals surface area contributed by atoms with Crippen LogP contribution < -0.4 is 15.0 Å². The number of anilines is 2. The van der Waals surface area contributed by atoms with Gasteiger partial charge in [-0.3, -0.25) is 19.9 Å². The van der Waals surface area contributed by atoms with Crippen LogP contribution in [-0.4, -0.2) is 23.6 Å². The maximum atomic E-state index is 13.5.